The Hall–Kier alpha value is -1.36. The molecule has 1 amide bonds. The van der Waals surface area contributed by atoms with Gasteiger partial charge in [0.15, 0.2) is 9.84 Å². The third kappa shape index (κ3) is 2.85. The Morgan fingerprint density at radius 2 is 1.82 bits per heavy atom. The second-order valence-electron chi connectivity index (χ2n) is 4.61. The number of benzene rings is 1. The van der Waals surface area contributed by atoms with Crippen LogP contribution in [0.5, 0.6) is 0 Å². The van der Waals surface area contributed by atoms with Crippen molar-refractivity contribution in [3.63, 3.8) is 0 Å². The van der Waals surface area contributed by atoms with Gasteiger partial charge in [0.25, 0.3) is 0 Å². The van der Waals surface area contributed by atoms with Crippen LogP contribution in [0.15, 0.2) is 29.2 Å². The highest BCUT2D eigenvalue weighted by Gasteiger charge is 2.38. The van der Waals surface area contributed by atoms with Crippen LogP contribution < -0.4 is 5.32 Å². The fraction of sp³-hybridized carbons (Fsp3) is 0.417. The molecule has 0 bridgehead atoms. The number of hydrogen-bond donors (Lipinski definition) is 1. The van der Waals surface area contributed by atoms with Crippen molar-refractivity contribution in [2.24, 2.45) is 11.8 Å². The lowest BCUT2D eigenvalue weighted by Gasteiger charge is -2.05. The van der Waals surface area contributed by atoms with E-state index in [1.807, 2.05) is 6.92 Å². The molecular formula is C12H15NO3S. The van der Waals surface area contributed by atoms with Crippen molar-refractivity contribution in [3.05, 3.63) is 24.3 Å². The molecule has 0 radical (unpaired) electrons. The van der Waals surface area contributed by atoms with Crippen LogP contribution in [-0.4, -0.2) is 20.6 Å². The van der Waals surface area contributed by atoms with Crippen molar-refractivity contribution in [2.45, 2.75) is 18.2 Å². The second-order valence-corrected chi connectivity index (χ2v) is 6.62. The minimum Gasteiger partial charge on any atom is -0.326 e. The Labute approximate surface area is 101 Å². The number of carbonyl (C=O) groups is 1. The van der Waals surface area contributed by atoms with Crippen LogP contribution in [0.3, 0.4) is 0 Å². The van der Waals surface area contributed by atoms with Gasteiger partial charge in [0.2, 0.25) is 5.91 Å². The molecule has 1 aliphatic rings. The van der Waals surface area contributed by atoms with Crippen molar-refractivity contribution < 1.29 is 13.2 Å². The third-order valence-corrected chi connectivity index (χ3v) is 4.12. The Balaban J connectivity index is 2.06. The summed E-state index contributed by atoms with van der Waals surface area (Å²) in [5.74, 6) is 0.597. The molecule has 1 N–H and O–H groups in total. The molecular weight excluding hydrogens is 238 g/mol. The molecule has 1 aliphatic carbocycles. The maximum absolute atomic E-state index is 11.6. The average molecular weight is 253 g/mol. The summed E-state index contributed by atoms with van der Waals surface area (Å²) in [6.07, 6.45) is 2.10. The van der Waals surface area contributed by atoms with Crippen molar-refractivity contribution in [2.75, 3.05) is 11.6 Å². The third-order valence-electron chi connectivity index (χ3n) is 3.00. The molecule has 17 heavy (non-hydrogen) atoms. The molecule has 0 aromatic heterocycles. The van der Waals surface area contributed by atoms with Crippen LogP contribution in [0.4, 0.5) is 5.69 Å². The maximum Gasteiger partial charge on any atom is 0.227 e. The molecule has 0 saturated heterocycles. The standard InChI is InChI=1S/C12H15NO3S/c1-8-7-11(8)12(14)13-9-3-5-10(6-4-9)17(2,15)16/h3-6,8,11H,7H2,1-2H3,(H,13,14). The van der Waals surface area contributed by atoms with Gasteiger partial charge in [0.1, 0.15) is 0 Å². The van der Waals surface area contributed by atoms with E-state index in [2.05, 4.69) is 5.32 Å². The molecule has 2 rings (SSSR count). The first-order chi connectivity index (χ1) is 7.88. The lowest BCUT2D eigenvalue weighted by molar-refractivity contribution is -0.117. The van der Waals surface area contributed by atoms with E-state index in [-0.39, 0.29) is 16.7 Å². The number of carbonyl (C=O) groups excluding carboxylic acids is 1. The maximum atomic E-state index is 11.6. The Morgan fingerprint density at radius 1 is 1.29 bits per heavy atom. The van der Waals surface area contributed by atoms with Gasteiger partial charge in [-0.25, -0.2) is 8.42 Å². The summed E-state index contributed by atoms with van der Waals surface area (Å²) in [7, 11) is -3.17. The number of nitrogens with one attached hydrogen (secondary N) is 1. The molecule has 4 nitrogen and oxygen atoms in total. The van der Waals surface area contributed by atoms with E-state index in [4.69, 9.17) is 0 Å². The van der Waals surface area contributed by atoms with Gasteiger partial charge < -0.3 is 5.32 Å². The highest BCUT2D eigenvalue weighted by Crippen LogP contribution is 2.38. The van der Waals surface area contributed by atoms with E-state index in [9.17, 15) is 13.2 Å². The molecule has 1 saturated carbocycles. The summed E-state index contributed by atoms with van der Waals surface area (Å²) < 4.78 is 22.5. The zero-order valence-corrected chi connectivity index (χ0v) is 10.6. The first-order valence-electron chi connectivity index (χ1n) is 5.49. The molecule has 1 aromatic carbocycles. The molecule has 0 aliphatic heterocycles. The average Bonchev–Trinajstić information content (AvgIpc) is 2.95. The van der Waals surface area contributed by atoms with E-state index in [0.29, 0.717) is 11.6 Å². The summed E-state index contributed by atoms with van der Waals surface area (Å²) in [5.41, 5.74) is 0.640. The monoisotopic (exact) mass is 253 g/mol. The highest BCUT2D eigenvalue weighted by atomic mass is 32.2. The van der Waals surface area contributed by atoms with Gasteiger partial charge in [-0.2, -0.15) is 0 Å². The molecule has 92 valence electrons. The molecule has 1 fully saturated rings. The molecule has 0 heterocycles. The van der Waals surface area contributed by atoms with E-state index < -0.39 is 9.84 Å². The molecule has 1 aromatic rings. The van der Waals surface area contributed by atoms with Crippen LogP contribution in [-0.2, 0) is 14.6 Å². The predicted molar refractivity (Wildman–Crippen MR) is 65.5 cm³/mol. The normalized spacial score (nSPS) is 23.2. The fourth-order valence-electron chi connectivity index (χ4n) is 1.71. The number of rotatable bonds is 3. The molecule has 5 heteroatoms. The summed E-state index contributed by atoms with van der Waals surface area (Å²) in [6.45, 7) is 2.04. The summed E-state index contributed by atoms with van der Waals surface area (Å²) in [4.78, 5) is 11.9. The quantitative estimate of drug-likeness (QED) is 0.891. The highest BCUT2D eigenvalue weighted by molar-refractivity contribution is 7.90. The summed E-state index contributed by atoms with van der Waals surface area (Å²) >= 11 is 0. The Morgan fingerprint density at radius 3 is 2.24 bits per heavy atom. The van der Waals surface area contributed by atoms with E-state index in [1.165, 1.54) is 12.1 Å². The molecule has 0 spiro atoms. The van der Waals surface area contributed by atoms with Gasteiger partial charge in [-0.1, -0.05) is 6.92 Å². The van der Waals surface area contributed by atoms with Gasteiger partial charge >= 0.3 is 0 Å². The minimum atomic E-state index is -3.17. The van der Waals surface area contributed by atoms with E-state index in [1.54, 1.807) is 12.1 Å². The summed E-state index contributed by atoms with van der Waals surface area (Å²) in [6, 6.07) is 6.23. The van der Waals surface area contributed by atoms with Gasteiger partial charge in [-0.15, -0.1) is 0 Å². The van der Waals surface area contributed by atoms with Gasteiger partial charge in [0, 0.05) is 17.9 Å². The lowest BCUT2D eigenvalue weighted by Crippen LogP contribution is -2.14. The fourth-order valence-corrected chi connectivity index (χ4v) is 2.34. The van der Waals surface area contributed by atoms with E-state index >= 15 is 0 Å². The first kappa shape index (κ1) is 12.1. The zero-order chi connectivity index (χ0) is 12.6. The molecule has 2 unspecified atom stereocenters. The van der Waals surface area contributed by atoms with Gasteiger partial charge in [-0.3, -0.25) is 4.79 Å². The van der Waals surface area contributed by atoms with Crippen LogP contribution in [0, 0.1) is 11.8 Å². The van der Waals surface area contributed by atoms with Crippen LogP contribution >= 0.6 is 0 Å². The lowest BCUT2D eigenvalue weighted by atomic mass is 10.3. The number of anilines is 1. The van der Waals surface area contributed by atoms with Crippen LogP contribution in [0.1, 0.15) is 13.3 Å². The second kappa shape index (κ2) is 4.14. The number of amides is 1. The van der Waals surface area contributed by atoms with Crippen LogP contribution in [0.25, 0.3) is 0 Å². The van der Waals surface area contributed by atoms with Crippen molar-refractivity contribution in [3.8, 4) is 0 Å². The van der Waals surface area contributed by atoms with Gasteiger partial charge in [-0.05, 0) is 36.6 Å². The summed E-state index contributed by atoms with van der Waals surface area (Å²) in [5, 5.41) is 2.78. The van der Waals surface area contributed by atoms with Crippen molar-refractivity contribution >= 4 is 21.4 Å². The zero-order valence-electron chi connectivity index (χ0n) is 9.80. The largest absolute Gasteiger partial charge is 0.326 e. The number of sulfone groups is 1. The number of hydrogen-bond acceptors (Lipinski definition) is 3. The Kier molecular flexibility index (Phi) is 2.95. The molecule has 2 atom stereocenters. The van der Waals surface area contributed by atoms with Crippen LogP contribution in [0.2, 0.25) is 0 Å². The Bertz CT molecular complexity index is 533. The predicted octanol–water partition coefficient (Wildman–Crippen LogP) is 1.68. The van der Waals surface area contributed by atoms with Crippen molar-refractivity contribution in [1.82, 2.24) is 0 Å². The SMILES string of the molecule is CC1CC1C(=O)Nc1ccc(S(C)(=O)=O)cc1. The smallest absolute Gasteiger partial charge is 0.227 e. The van der Waals surface area contributed by atoms with E-state index in [0.717, 1.165) is 12.7 Å². The minimum absolute atomic E-state index is 0.0182. The topological polar surface area (TPSA) is 63.2 Å². The van der Waals surface area contributed by atoms with Crippen molar-refractivity contribution in [1.29, 1.82) is 0 Å². The first-order valence-corrected chi connectivity index (χ1v) is 7.38. The van der Waals surface area contributed by atoms with Gasteiger partial charge in [0.05, 0.1) is 4.90 Å².